The minimum absolute atomic E-state index is 0.217. The molecule has 1 aromatic carbocycles. The van der Waals surface area contributed by atoms with E-state index >= 15 is 0 Å². The first-order chi connectivity index (χ1) is 9.24. The van der Waals surface area contributed by atoms with Crippen molar-refractivity contribution in [3.05, 3.63) is 48.6 Å². The topological polar surface area (TPSA) is 73.4 Å². The van der Waals surface area contributed by atoms with Gasteiger partial charge in [0.1, 0.15) is 0 Å². The van der Waals surface area contributed by atoms with Crippen molar-refractivity contribution in [2.75, 3.05) is 26.2 Å². The van der Waals surface area contributed by atoms with Gasteiger partial charge in [0.2, 0.25) is 0 Å². The van der Waals surface area contributed by atoms with Gasteiger partial charge in [0.05, 0.1) is 6.10 Å². The molecule has 0 aromatic heterocycles. The van der Waals surface area contributed by atoms with E-state index in [1.165, 1.54) is 0 Å². The third-order valence-electron chi connectivity index (χ3n) is 2.52. The third-order valence-corrected chi connectivity index (χ3v) is 2.52. The second-order valence-corrected chi connectivity index (χ2v) is 4.06. The largest absolute Gasteiger partial charge is 0.387 e. The van der Waals surface area contributed by atoms with Crippen LogP contribution in [0.15, 0.2) is 43.0 Å². The van der Waals surface area contributed by atoms with Crippen LogP contribution in [0.25, 0.3) is 0 Å². The number of carbonyl (C=O) groups excluding carboxylic acids is 1. The van der Waals surface area contributed by atoms with Crippen LogP contribution in [0.2, 0.25) is 0 Å². The summed E-state index contributed by atoms with van der Waals surface area (Å²) >= 11 is 0. The van der Waals surface area contributed by atoms with Gasteiger partial charge in [-0.15, -0.1) is 6.58 Å². The maximum atomic E-state index is 11.2. The van der Waals surface area contributed by atoms with Crippen molar-refractivity contribution in [1.82, 2.24) is 16.0 Å². The molecule has 1 aromatic rings. The van der Waals surface area contributed by atoms with E-state index < -0.39 is 6.10 Å². The van der Waals surface area contributed by atoms with Crippen molar-refractivity contribution >= 4 is 6.03 Å². The lowest BCUT2D eigenvalue weighted by molar-refractivity contribution is 0.175. The van der Waals surface area contributed by atoms with E-state index in [0.717, 1.165) is 5.56 Å². The fraction of sp³-hybridized carbons (Fsp3) is 0.357. The molecule has 0 aliphatic carbocycles. The van der Waals surface area contributed by atoms with Crippen molar-refractivity contribution in [3.8, 4) is 0 Å². The summed E-state index contributed by atoms with van der Waals surface area (Å²) in [6, 6.07) is 9.25. The Kier molecular flexibility index (Phi) is 7.31. The molecular weight excluding hydrogens is 242 g/mol. The highest BCUT2D eigenvalue weighted by Gasteiger charge is 2.05. The zero-order chi connectivity index (χ0) is 13.9. The molecule has 5 heteroatoms. The molecule has 0 aliphatic rings. The van der Waals surface area contributed by atoms with Crippen molar-refractivity contribution in [1.29, 1.82) is 0 Å². The Bertz CT molecular complexity index is 382. The summed E-state index contributed by atoms with van der Waals surface area (Å²) in [6.07, 6.45) is 1.09. The predicted octanol–water partition coefficient (Wildman–Crippen LogP) is 0.795. The summed E-state index contributed by atoms with van der Waals surface area (Å²) in [5.74, 6) is 0. The summed E-state index contributed by atoms with van der Waals surface area (Å²) in [5, 5.41) is 18.3. The molecule has 0 aliphatic heterocycles. The molecule has 1 rings (SSSR count). The molecule has 2 amide bonds. The number of hydrogen-bond acceptors (Lipinski definition) is 3. The number of carbonyl (C=O) groups is 1. The summed E-state index contributed by atoms with van der Waals surface area (Å²) in [6.45, 7) is 5.52. The Hall–Kier alpha value is -1.85. The van der Waals surface area contributed by atoms with Gasteiger partial charge in [-0.25, -0.2) is 4.79 Å². The standard InChI is InChI=1S/C14H21N3O2/c1-2-8-16-14(19)17-10-9-15-11-13(18)12-6-4-3-5-7-12/h2-7,13,15,18H,1,8-11H2,(H2,16,17,19)/t13-/m0/s1. The number of urea groups is 1. The Morgan fingerprint density at radius 2 is 2.00 bits per heavy atom. The van der Waals surface area contributed by atoms with Crippen molar-refractivity contribution in [2.45, 2.75) is 6.10 Å². The molecule has 5 nitrogen and oxygen atoms in total. The van der Waals surface area contributed by atoms with Gasteiger partial charge in [0.25, 0.3) is 0 Å². The quantitative estimate of drug-likeness (QED) is 0.414. The van der Waals surface area contributed by atoms with Crippen molar-refractivity contribution < 1.29 is 9.90 Å². The van der Waals surface area contributed by atoms with Gasteiger partial charge in [0.15, 0.2) is 0 Å². The van der Waals surface area contributed by atoms with Gasteiger partial charge >= 0.3 is 6.03 Å². The number of nitrogens with one attached hydrogen (secondary N) is 3. The Morgan fingerprint density at radius 3 is 2.68 bits per heavy atom. The summed E-state index contributed by atoms with van der Waals surface area (Å²) in [5.41, 5.74) is 0.881. The van der Waals surface area contributed by atoms with E-state index in [4.69, 9.17) is 0 Å². The van der Waals surface area contributed by atoms with Crippen LogP contribution in [0.1, 0.15) is 11.7 Å². The molecule has 0 bridgehead atoms. The Labute approximate surface area is 113 Å². The second kappa shape index (κ2) is 9.13. The van der Waals surface area contributed by atoms with E-state index in [2.05, 4.69) is 22.5 Å². The number of aliphatic hydroxyl groups is 1. The number of hydrogen-bond donors (Lipinski definition) is 4. The van der Waals surface area contributed by atoms with Gasteiger partial charge < -0.3 is 21.1 Å². The molecule has 0 heterocycles. The SMILES string of the molecule is C=CCNC(=O)NCCNC[C@H](O)c1ccccc1. The molecule has 0 fully saturated rings. The van der Waals surface area contributed by atoms with Gasteiger partial charge in [-0.1, -0.05) is 36.4 Å². The first kappa shape index (κ1) is 15.2. The second-order valence-electron chi connectivity index (χ2n) is 4.06. The smallest absolute Gasteiger partial charge is 0.315 e. The van der Waals surface area contributed by atoms with Crippen LogP contribution in [0.4, 0.5) is 4.79 Å². The van der Waals surface area contributed by atoms with E-state index in [-0.39, 0.29) is 6.03 Å². The van der Waals surface area contributed by atoms with Crippen LogP contribution in [-0.4, -0.2) is 37.3 Å². The van der Waals surface area contributed by atoms with E-state index in [9.17, 15) is 9.90 Å². The van der Waals surface area contributed by atoms with Crippen LogP contribution in [0, 0.1) is 0 Å². The molecule has 19 heavy (non-hydrogen) atoms. The van der Waals surface area contributed by atoms with E-state index in [0.29, 0.717) is 26.2 Å². The highest BCUT2D eigenvalue weighted by molar-refractivity contribution is 5.73. The summed E-state index contributed by atoms with van der Waals surface area (Å²) in [7, 11) is 0. The number of amides is 2. The molecule has 1 atom stereocenters. The minimum Gasteiger partial charge on any atom is -0.387 e. The van der Waals surface area contributed by atoms with Gasteiger partial charge in [-0.3, -0.25) is 0 Å². The molecule has 0 saturated heterocycles. The Balaban J connectivity index is 2.08. The number of aliphatic hydroxyl groups excluding tert-OH is 1. The van der Waals surface area contributed by atoms with Gasteiger partial charge in [0, 0.05) is 26.2 Å². The summed E-state index contributed by atoms with van der Waals surface area (Å²) < 4.78 is 0. The Morgan fingerprint density at radius 1 is 1.26 bits per heavy atom. The molecule has 0 spiro atoms. The van der Waals surface area contributed by atoms with Crippen LogP contribution >= 0.6 is 0 Å². The molecule has 0 radical (unpaired) electrons. The van der Waals surface area contributed by atoms with Gasteiger partial charge in [-0.2, -0.15) is 0 Å². The van der Waals surface area contributed by atoms with Crippen molar-refractivity contribution in [2.24, 2.45) is 0 Å². The fourth-order valence-electron chi connectivity index (χ4n) is 1.52. The fourth-order valence-corrected chi connectivity index (χ4v) is 1.52. The lowest BCUT2D eigenvalue weighted by Gasteiger charge is -2.12. The normalized spacial score (nSPS) is 11.6. The lowest BCUT2D eigenvalue weighted by atomic mass is 10.1. The van der Waals surface area contributed by atoms with Crippen LogP contribution in [0.5, 0.6) is 0 Å². The van der Waals surface area contributed by atoms with Gasteiger partial charge in [-0.05, 0) is 5.56 Å². The minimum atomic E-state index is -0.532. The van der Waals surface area contributed by atoms with E-state index in [1.54, 1.807) is 6.08 Å². The molecule has 4 N–H and O–H groups in total. The van der Waals surface area contributed by atoms with Crippen LogP contribution in [-0.2, 0) is 0 Å². The molecular formula is C14H21N3O2. The average Bonchev–Trinajstić information content (AvgIpc) is 2.45. The maximum absolute atomic E-state index is 11.2. The monoisotopic (exact) mass is 263 g/mol. The average molecular weight is 263 g/mol. The lowest BCUT2D eigenvalue weighted by Crippen LogP contribution is -2.39. The summed E-state index contributed by atoms with van der Waals surface area (Å²) in [4.78, 5) is 11.2. The highest BCUT2D eigenvalue weighted by atomic mass is 16.3. The van der Waals surface area contributed by atoms with Crippen LogP contribution in [0.3, 0.4) is 0 Å². The number of benzene rings is 1. The zero-order valence-electron chi connectivity index (χ0n) is 10.9. The molecule has 0 saturated carbocycles. The third kappa shape index (κ3) is 6.59. The predicted molar refractivity (Wildman–Crippen MR) is 75.9 cm³/mol. The first-order valence-electron chi connectivity index (χ1n) is 6.30. The van der Waals surface area contributed by atoms with E-state index in [1.807, 2.05) is 30.3 Å². The maximum Gasteiger partial charge on any atom is 0.315 e. The molecule has 104 valence electrons. The molecule has 0 unspecified atom stereocenters. The zero-order valence-corrected chi connectivity index (χ0v) is 10.9. The van der Waals surface area contributed by atoms with Crippen LogP contribution < -0.4 is 16.0 Å². The highest BCUT2D eigenvalue weighted by Crippen LogP contribution is 2.09. The van der Waals surface area contributed by atoms with Crippen molar-refractivity contribution in [3.63, 3.8) is 0 Å². The number of rotatable bonds is 8. The first-order valence-corrected chi connectivity index (χ1v) is 6.30.